The van der Waals surface area contributed by atoms with Gasteiger partial charge in [-0.15, -0.1) is 0 Å². The standard InChI is InChI=1S/C13H15F4NO2/c1-8(7-20-2)6-18-12(19)9-4-3-5-10(11(9)14)13(15,16)17/h3-5,8H,6-7H2,1-2H3,(H,18,19). The van der Waals surface area contributed by atoms with E-state index in [4.69, 9.17) is 4.74 Å². The van der Waals surface area contributed by atoms with Crippen LogP contribution in [0.4, 0.5) is 17.6 Å². The van der Waals surface area contributed by atoms with Gasteiger partial charge < -0.3 is 10.1 Å². The average molecular weight is 293 g/mol. The van der Waals surface area contributed by atoms with Gasteiger partial charge in [0.25, 0.3) is 5.91 Å². The molecule has 0 heterocycles. The molecular weight excluding hydrogens is 278 g/mol. The fraction of sp³-hybridized carbons (Fsp3) is 0.462. The van der Waals surface area contributed by atoms with E-state index in [1.807, 2.05) is 0 Å². The van der Waals surface area contributed by atoms with Crippen molar-refractivity contribution in [2.24, 2.45) is 5.92 Å². The average Bonchev–Trinajstić information content (AvgIpc) is 2.35. The molecule has 112 valence electrons. The normalized spacial score (nSPS) is 13.1. The molecule has 0 fully saturated rings. The van der Waals surface area contributed by atoms with Crippen molar-refractivity contribution in [3.8, 4) is 0 Å². The van der Waals surface area contributed by atoms with Crippen LogP contribution in [0.15, 0.2) is 18.2 Å². The first-order valence-electron chi connectivity index (χ1n) is 5.90. The molecule has 1 rings (SSSR count). The highest BCUT2D eigenvalue weighted by Gasteiger charge is 2.35. The molecule has 1 aromatic rings. The van der Waals surface area contributed by atoms with Gasteiger partial charge in [0, 0.05) is 13.7 Å². The largest absolute Gasteiger partial charge is 0.419 e. The highest BCUT2D eigenvalue weighted by molar-refractivity contribution is 5.94. The first-order chi connectivity index (χ1) is 9.27. The van der Waals surface area contributed by atoms with E-state index >= 15 is 0 Å². The number of nitrogens with one attached hydrogen (secondary N) is 1. The zero-order valence-electron chi connectivity index (χ0n) is 11.1. The summed E-state index contributed by atoms with van der Waals surface area (Å²) in [5.74, 6) is -2.47. The molecule has 0 aliphatic rings. The van der Waals surface area contributed by atoms with Crippen LogP contribution in [0.1, 0.15) is 22.8 Å². The molecule has 0 radical (unpaired) electrons. The first kappa shape index (κ1) is 16.4. The van der Waals surface area contributed by atoms with Crippen molar-refractivity contribution >= 4 is 5.91 Å². The maximum absolute atomic E-state index is 13.7. The van der Waals surface area contributed by atoms with Gasteiger partial charge in [-0.3, -0.25) is 4.79 Å². The highest BCUT2D eigenvalue weighted by atomic mass is 19.4. The van der Waals surface area contributed by atoms with Crippen LogP contribution in [0.5, 0.6) is 0 Å². The smallest absolute Gasteiger partial charge is 0.384 e. The topological polar surface area (TPSA) is 38.3 Å². The maximum atomic E-state index is 13.7. The van der Waals surface area contributed by atoms with E-state index in [2.05, 4.69) is 5.32 Å². The SMILES string of the molecule is COCC(C)CNC(=O)c1cccc(C(F)(F)F)c1F. The Bertz CT molecular complexity index is 474. The van der Waals surface area contributed by atoms with Gasteiger partial charge in [-0.2, -0.15) is 13.2 Å². The van der Waals surface area contributed by atoms with Crippen LogP contribution in [0.3, 0.4) is 0 Å². The Morgan fingerprint density at radius 1 is 1.40 bits per heavy atom. The minimum absolute atomic E-state index is 0.0298. The predicted molar refractivity (Wildman–Crippen MR) is 64.8 cm³/mol. The summed E-state index contributed by atoms with van der Waals surface area (Å²) in [7, 11) is 1.49. The fourth-order valence-corrected chi connectivity index (χ4v) is 1.63. The minimum Gasteiger partial charge on any atom is -0.384 e. The molecular formula is C13H15F4NO2. The Balaban J connectivity index is 2.84. The summed E-state index contributed by atoms with van der Waals surface area (Å²) in [6.45, 7) is 2.35. The Morgan fingerprint density at radius 2 is 2.05 bits per heavy atom. The Morgan fingerprint density at radius 3 is 2.60 bits per heavy atom. The molecule has 1 amide bonds. The zero-order chi connectivity index (χ0) is 15.3. The van der Waals surface area contributed by atoms with Crippen molar-refractivity contribution in [1.82, 2.24) is 5.32 Å². The van der Waals surface area contributed by atoms with Crippen molar-refractivity contribution in [3.63, 3.8) is 0 Å². The number of carbonyl (C=O) groups excluding carboxylic acids is 1. The van der Waals surface area contributed by atoms with Crippen molar-refractivity contribution in [2.45, 2.75) is 13.1 Å². The number of ether oxygens (including phenoxy) is 1. The van der Waals surface area contributed by atoms with Gasteiger partial charge in [-0.25, -0.2) is 4.39 Å². The molecule has 0 saturated heterocycles. The Kier molecular flexibility index (Phi) is 5.50. The summed E-state index contributed by atoms with van der Waals surface area (Å²) in [6, 6.07) is 2.61. The van der Waals surface area contributed by atoms with Crippen molar-refractivity contribution < 1.29 is 27.1 Å². The molecule has 0 saturated carbocycles. The maximum Gasteiger partial charge on any atom is 0.419 e. The third-order valence-corrected chi connectivity index (χ3v) is 2.61. The van der Waals surface area contributed by atoms with Gasteiger partial charge in [-0.05, 0) is 18.1 Å². The molecule has 0 aliphatic carbocycles. The second kappa shape index (κ2) is 6.69. The van der Waals surface area contributed by atoms with Crippen LogP contribution in [-0.4, -0.2) is 26.2 Å². The van der Waals surface area contributed by atoms with E-state index < -0.39 is 29.0 Å². The van der Waals surface area contributed by atoms with Crippen molar-refractivity contribution in [2.75, 3.05) is 20.3 Å². The van der Waals surface area contributed by atoms with E-state index in [1.165, 1.54) is 7.11 Å². The number of rotatable bonds is 5. The van der Waals surface area contributed by atoms with Gasteiger partial charge in [0.15, 0.2) is 0 Å². The van der Waals surface area contributed by atoms with Gasteiger partial charge in [0.1, 0.15) is 5.82 Å². The third kappa shape index (κ3) is 4.19. The number of halogens is 4. The summed E-state index contributed by atoms with van der Waals surface area (Å²) in [4.78, 5) is 11.7. The predicted octanol–water partition coefficient (Wildman–Crippen LogP) is 2.86. The van der Waals surface area contributed by atoms with Crippen LogP contribution in [0.2, 0.25) is 0 Å². The van der Waals surface area contributed by atoms with E-state index in [9.17, 15) is 22.4 Å². The Hall–Kier alpha value is -1.63. The summed E-state index contributed by atoms with van der Waals surface area (Å²) in [6.07, 6.45) is -4.83. The molecule has 1 N–H and O–H groups in total. The van der Waals surface area contributed by atoms with Gasteiger partial charge in [-0.1, -0.05) is 13.0 Å². The second-order valence-electron chi connectivity index (χ2n) is 4.44. The van der Waals surface area contributed by atoms with Gasteiger partial charge in [0.2, 0.25) is 0 Å². The van der Waals surface area contributed by atoms with Gasteiger partial charge in [0.05, 0.1) is 17.7 Å². The lowest BCUT2D eigenvalue weighted by Crippen LogP contribution is -2.31. The summed E-state index contributed by atoms with van der Waals surface area (Å²) >= 11 is 0. The number of hydrogen-bond donors (Lipinski definition) is 1. The number of hydrogen-bond acceptors (Lipinski definition) is 2. The number of benzene rings is 1. The molecule has 0 aliphatic heterocycles. The van der Waals surface area contributed by atoms with Crippen LogP contribution in [0.25, 0.3) is 0 Å². The molecule has 1 aromatic carbocycles. The quantitative estimate of drug-likeness (QED) is 0.848. The van der Waals surface area contributed by atoms with E-state index in [0.29, 0.717) is 12.7 Å². The van der Waals surface area contributed by atoms with E-state index in [0.717, 1.165) is 12.1 Å². The lowest BCUT2D eigenvalue weighted by molar-refractivity contribution is -0.140. The molecule has 0 bridgehead atoms. The molecule has 0 aromatic heterocycles. The monoisotopic (exact) mass is 293 g/mol. The van der Waals surface area contributed by atoms with Crippen LogP contribution < -0.4 is 5.32 Å². The van der Waals surface area contributed by atoms with Gasteiger partial charge >= 0.3 is 6.18 Å². The number of carbonyl (C=O) groups is 1. The highest BCUT2D eigenvalue weighted by Crippen LogP contribution is 2.32. The van der Waals surface area contributed by atoms with Crippen LogP contribution >= 0.6 is 0 Å². The molecule has 1 atom stereocenters. The minimum atomic E-state index is -4.83. The van der Waals surface area contributed by atoms with Crippen molar-refractivity contribution in [1.29, 1.82) is 0 Å². The molecule has 0 spiro atoms. The lowest BCUT2D eigenvalue weighted by atomic mass is 10.1. The fourth-order valence-electron chi connectivity index (χ4n) is 1.63. The summed E-state index contributed by atoms with van der Waals surface area (Å²) in [5.41, 5.74) is -2.07. The zero-order valence-corrected chi connectivity index (χ0v) is 11.1. The third-order valence-electron chi connectivity index (χ3n) is 2.61. The first-order valence-corrected chi connectivity index (χ1v) is 5.90. The van der Waals surface area contributed by atoms with Crippen LogP contribution in [-0.2, 0) is 10.9 Å². The van der Waals surface area contributed by atoms with E-state index in [1.54, 1.807) is 6.92 Å². The molecule has 20 heavy (non-hydrogen) atoms. The molecule has 3 nitrogen and oxygen atoms in total. The van der Waals surface area contributed by atoms with Crippen LogP contribution in [0, 0.1) is 11.7 Å². The lowest BCUT2D eigenvalue weighted by Gasteiger charge is -2.13. The number of amides is 1. The summed E-state index contributed by atoms with van der Waals surface area (Å²) < 4.78 is 56.1. The number of methoxy groups -OCH3 is 1. The van der Waals surface area contributed by atoms with E-state index in [-0.39, 0.29) is 12.5 Å². The van der Waals surface area contributed by atoms with Crippen molar-refractivity contribution in [3.05, 3.63) is 35.1 Å². The second-order valence-corrected chi connectivity index (χ2v) is 4.44. The Labute approximate surface area is 113 Å². The number of alkyl halides is 3. The summed E-state index contributed by atoms with van der Waals surface area (Å²) in [5, 5.41) is 2.38. The molecule has 1 unspecified atom stereocenters. The molecule has 7 heteroatoms.